The number of hydrogen-bond donors (Lipinski definition) is 2. The molecule has 0 spiro atoms. The predicted octanol–water partition coefficient (Wildman–Crippen LogP) is 3.38. The molecule has 0 fully saturated rings. The molecule has 2 rings (SSSR count). The van der Waals surface area contributed by atoms with Gasteiger partial charge in [0.1, 0.15) is 11.6 Å². The average molecular weight is 355 g/mol. The van der Waals surface area contributed by atoms with E-state index in [2.05, 4.69) is 5.32 Å². The highest BCUT2D eigenvalue weighted by molar-refractivity contribution is 6.31. The number of nitrogen functional groups attached to an aromatic ring is 1. The first-order chi connectivity index (χ1) is 11.3. The molecular weight excluding hydrogens is 342 g/mol. The van der Waals surface area contributed by atoms with Crippen molar-refractivity contribution in [1.29, 1.82) is 0 Å². The summed E-state index contributed by atoms with van der Waals surface area (Å²) in [7, 11) is 0. The van der Waals surface area contributed by atoms with Crippen LogP contribution in [0.15, 0.2) is 36.4 Å². The van der Waals surface area contributed by atoms with Crippen molar-refractivity contribution in [2.75, 3.05) is 11.1 Å². The summed E-state index contributed by atoms with van der Waals surface area (Å²) < 4.78 is 31.5. The van der Waals surface area contributed by atoms with Crippen molar-refractivity contribution in [1.82, 2.24) is 0 Å². The Morgan fingerprint density at radius 3 is 2.58 bits per heavy atom. The van der Waals surface area contributed by atoms with Crippen LogP contribution in [0.1, 0.15) is 17.3 Å². The van der Waals surface area contributed by atoms with Crippen molar-refractivity contribution in [3.63, 3.8) is 0 Å². The molecule has 8 heteroatoms. The Hall–Kier alpha value is -2.67. The zero-order valence-corrected chi connectivity index (χ0v) is 13.2. The van der Waals surface area contributed by atoms with E-state index in [0.717, 1.165) is 18.2 Å². The van der Waals surface area contributed by atoms with Crippen LogP contribution in [0.25, 0.3) is 0 Å². The van der Waals surface area contributed by atoms with Crippen molar-refractivity contribution in [3.05, 3.63) is 58.6 Å². The molecule has 0 radical (unpaired) electrons. The lowest BCUT2D eigenvalue weighted by Crippen LogP contribution is -2.30. The molecule has 0 aromatic heterocycles. The zero-order valence-electron chi connectivity index (χ0n) is 12.5. The number of carbonyl (C=O) groups is 2. The van der Waals surface area contributed by atoms with E-state index in [9.17, 15) is 18.4 Å². The minimum Gasteiger partial charge on any atom is -0.449 e. The molecule has 0 saturated heterocycles. The molecule has 2 aromatic rings. The van der Waals surface area contributed by atoms with Gasteiger partial charge in [0, 0.05) is 16.8 Å². The van der Waals surface area contributed by atoms with Crippen LogP contribution in [0.5, 0.6) is 0 Å². The van der Waals surface area contributed by atoms with Crippen molar-refractivity contribution in [2.45, 2.75) is 13.0 Å². The minimum absolute atomic E-state index is 0.0380. The molecule has 0 unspecified atom stereocenters. The maximum Gasteiger partial charge on any atom is 0.341 e. The second-order valence-corrected chi connectivity index (χ2v) is 5.33. The van der Waals surface area contributed by atoms with Gasteiger partial charge in [-0.05, 0) is 37.3 Å². The van der Waals surface area contributed by atoms with Crippen LogP contribution in [0.2, 0.25) is 5.02 Å². The number of carbonyl (C=O) groups excluding carboxylic acids is 2. The summed E-state index contributed by atoms with van der Waals surface area (Å²) >= 11 is 5.73. The largest absolute Gasteiger partial charge is 0.449 e. The number of nitrogens with two attached hydrogens (primary N) is 1. The topological polar surface area (TPSA) is 81.4 Å². The normalized spacial score (nSPS) is 11.7. The third kappa shape index (κ3) is 4.20. The van der Waals surface area contributed by atoms with Gasteiger partial charge in [-0.15, -0.1) is 0 Å². The molecule has 0 aliphatic carbocycles. The van der Waals surface area contributed by atoms with Crippen LogP contribution in [-0.4, -0.2) is 18.0 Å². The van der Waals surface area contributed by atoms with E-state index in [1.807, 2.05) is 0 Å². The van der Waals surface area contributed by atoms with Crippen molar-refractivity contribution >= 4 is 34.9 Å². The fourth-order valence-electron chi connectivity index (χ4n) is 1.82. The Morgan fingerprint density at radius 1 is 1.21 bits per heavy atom. The first-order valence-electron chi connectivity index (χ1n) is 6.80. The Balaban J connectivity index is 2.05. The Bertz CT molecular complexity index is 799. The highest BCUT2D eigenvalue weighted by Gasteiger charge is 2.21. The smallest absolute Gasteiger partial charge is 0.341 e. The summed E-state index contributed by atoms with van der Waals surface area (Å²) in [4.78, 5) is 24.0. The van der Waals surface area contributed by atoms with Gasteiger partial charge < -0.3 is 15.8 Å². The summed E-state index contributed by atoms with van der Waals surface area (Å²) in [6.45, 7) is 1.29. The molecule has 1 amide bonds. The predicted molar refractivity (Wildman–Crippen MR) is 85.7 cm³/mol. The summed E-state index contributed by atoms with van der Waals surface area (Å²) in [6, 6.07) is 6.77. The lowest BCUT2D eigenvalue weighted by Gasteiger charge is -2.14. The van der Waals surface area contributed by atoms with Gasteiger partial charge in [0.2, 0.25) is 0 Å². The van der Waals surface area contributed by atoms with Gasteiger partial charge in [-0.3, -0.25) is 4.79 Å². The van der Waals surface area contributed by atoms with E-state index in [1.165, 1.54) is 25.1 Å². The van der Waals surface area contributed by atoms with Gasteiger partial charge >= 0.3 is 5.97 Å². The molecule has 0 aliphatic rings. The van der Waals surface area contributed by atoms with Crippen molar-refractivity contribution in [3.8, 4) is 0 Å². The van der Waals surface area contributed by atoms with Crippen molar-refractivity contribution < 1.29 is 23.1 Å². The van der Waals surface area contributed by atoms with Gasteiger partial charge in [-0.2, -0.15) is 0 Å². The average Bonchev–Trinajstić information content (AvgIpc) is 2.50. The lowest BCUT2D eigenvalue weighted by molar-refractivity contribution is -0.123. The molecule has 0 saturated carbocycles. The maximum absolute atomic E-state index is 13.5. The minimum atomic E-state index is -1.25. The number of benzene rings is 2. The summed E-state index contributed by atoms with van der Waals surface area (Å²) in [6.07, 6.45) is -1.25. The maximum atomic E-state index is 13.5. The Labute approximate surface area is 141 Å². The SMILES string of the molecule is C[C@H](OC(=O)c1ccc(Cl)cc1N)C(=O)Nc1cc(F)ccc1F. The molecule has 126 valence electrons. The van der Waals surface area contributed by atoms with Crippen LogP contribution < -0.4 is 11.1 Å². The van der Waals surface area contributed by atoms with E-state index in [0.29, 0.717) is 5.02 Å². The molecule has 0 aliphatic heterocycles. The van der Waals surface area contributed by atoms with Gasteiger partial charge in [0.25, 0.3) is 5.91 Å². The number of amides is 1. The second-order valence-electron chi connectivity index (χ2n) is 4.89. The van der Waals surface area contributed by atoms with Gasteiger partial charge in [0.05, 0.1) is 11.3 Å². The fraction of sp³-hybridized carbons (Fsp3) is 0.125. The van der Waals surface area contributed by atoms with Crippen LogP contribution in [0.3, 0.4) is 0 Å². The molecule has 3 N–H and O–H groups in total. The lowest BCUT2D eigenvalue weighted by atomic mass is 10.2. The fourth-order valence-corrected chi connectivity index (χ4v) is 2.01. The van der Waals surface area contributed by atoms with E-state index in [4.69, 9.17) is 22.1 Å². The van der Waals surface area contributed by atoms with E-state index < -0.39 is 29.6 Å². The summed E-state index contributed by atoms with van der Waals surface area (Å²) in [5.41, 5.74) is 5.44. The molecule has 24 heavy (non-hydrogen) atoms. The number of halogens is 3. The quantitative estimate of drug-likeness (QED) is 0.651. The number of anilines is 2. The van der Waals surface area contributed by atoms with Crippen molar-refractivity contribution in [2.24, 2.45) is 0 Å². The second kappa shape index (κ2) is 7.27. The number of rotatable bonds is 4. The highest BCUT2D eigenvalue weighted by Crippen LogP contribution is 2.20. The van der Waals surface area contributed by atoms with E-state index in [1.54, 1.807) is 0 Å². The number of ether oxygens (including phenoxy) is 1. The molecule has 5 nitrogen and oxygen atoms in total. The van der Waals surface area contributed by atoms with Crippen LogP contribution in [0.4, 0.5) is 20.2 Å². The Kier molecular flexibility index (Phi) is 5.35. The number of hydrogen-bond acceptors (Lipinski definition) is 4. The molecule has 2 aromatic carbocycles. The summed E-state index contributed by atoms with van der Waals surface area (Å²) in [5, 5.41) is 2.49. The Morgan fingerprint density at radius 2 is 1.92 bits per heavy atom. The monoisotopic (exact) mass is 354 g/mol. The van der Waals surface area contributed by atoms with E-state index in [-0.39, 0.29) is 16.9 Å². The van der Waals surface area contributed by atoms with Gasteiger partial charge in [-0.25, -0.2) is 13.6 Å². The highest BCUT2D eigenvalue weighted by atomic mass is 35.5. The summed E-state index contributed by atoms with van der Waals surface area (Å²) in [5.74, 6) is -3.19. The van der Waals surface area contributed by atoms with Crippen LogP contribution in [0, 0.1) is 11.6 Å². The number of esters is 1. The molecule has 0 bridgehead atoms. The zero-order chi connectivity index (χ0) is 17.9. The first kappa shape index (κ1) is 17.7. The van der Waals surface area contributed by atoms with Gasteiger partial charge in [0.15, 0.2) is 6.10 Å². The molecular formula is C16H13ClF2N2O3. The van der Waals surface area contributed by atoms with Gasteiger partial charge in [-0.1, -0.05) is 11.6 Å². The van der Waals surface area contributed by atoms with E-state index >= 15 is 0 Å². The third-order valence-corrected chi connectivity index (χ3v) is 3.31. The molecule has 0 heterocycles. The standard InChI is InChI=1S/C16H13ClF2N2O3/c1-8(15(22)21-14-7-10(18)3-5-12(14)19)24-16(23)11-4-2-9(17)6-13(11)20/h2-8H,20H2,1H3,(H,21,22)/t8-/m0/s1. The molecule has 1 atom stereocenters. The van der Waals surface area contributed by atoms with Crippen LogP contribution in [-0.2, 0) is 9.53 Å². The van der Waals surface area contributed by atoms with Crippen LogP contribution >= 0.6 is 11.6 Å². The third-order valence-electron chi connectivity index (χ3n) is 3.07. The first-order valence-corrected chi connectivity index (χ1v) is 7.17. The number of nitrogens with one attached hydrogen (secondary N) is 1.